The van der Waals surface area contributed by atoms with Crippen molar-refractivity contribution in [2.24, 2.45) is 0 Å². The maximum absolute atomic E-state index is 13.7. The quantitative estimate of drug-likeness (QED) is 0.562. The number of halogens is 2. The molecule has 0 aliphatic carbocycles. The molecule has 146 valence electrons. The monoisotopic (exact) mass is 409 g/mol. The number of ether oxygens (including phenoxy) is 1. The highest BCUT2D eigenvalue weighted by Gasteiger charge is 2.16. The van der Waals surface area contributed by atoms with Crippen molar-refractivity contribution in [3.8, 4) is 5.75 Å². The van der Waals surface area contributed by atoms with Crippen LogP contribution in [-0.4, -0.2) is 24.3 Å². The number of amides is 1. The Morgan fingerprint density at radius 3 is 2.63 bits per heavy atom. The smallest absolute Gasteiger partial charge is 0.260 e. The standard InChI is InChI=1S/C21H25ClFNO2S/c1-14(2)16-7-4-5-10-20(16)26-15(3)21(25)24-11-12-27-13-17-18(22)8-6-9-19(17)23/h4-10,14-15H,11-13H2,1-3H3,(H,24,25)/t15-/m0/s1. The summed E-state index contributed by atoms with van der Waals surface area (Å²) in [5.74, 6) is 1.71. The van der Waals surface area contributed by atoms with Gasteiger partial charge in [-0.3, -0.25) is 4.79 Å². The van der Waals surface area contributed by atoms with Crippen LogP contribution in [-0.2, 0) is 10.5 Å². The van der Waals surface area contributed by atoms with E-state index in [1.54, 1.807) is 19.1 Å². The van der Waals surface area contributed by atoms with Crippen molar-refractivity contribution in [3.05, 3.63) is 64.4 Å². The van der Waals surface area contributed by atoms with Gasteiger partial charge < -0.3 is 10.1 Å². The second-order valence-corrected chi connectivity index (χ2v) is 8.01. The Bertz CT molecular complexity index is 749. The molecule has 1 amide bonds. The van der Waals surface area contributed by atoms with Crippen molar-refractivity contribution >= 4 is 29.3 Å². The highest BCUT2D eigenvalue weighted by molar-refractivity contribution is 7.98. The van der Waals surface area contributed by atoms with Crippen LogP contribution < -0.4 is 10.1 Å². The van der Waals surface area contributed by atoms with Gasteiger partial charge in [0.05, 0.1) is 0 Å². The normalized spacial score (nSPS) is 12.1. The molecule has 0 unspecified atom stereocenters. The van der Waals surface area contributed by atoms with Gasteiger partial charge in [0.1, 0.15) is 11.6 Å². The lowest BCUT2D eigenvalue weighted by atomic mass is 10.0. The average molecular weight is 410 g/mol. The van der Waals surface area contributed by atoms with Crippen LogP contribution in [0.4, 0.5) is 4.39 Å². The van der Waals surface area contributed by atoms with E-state index in [1.165, 1.54) is 17.8 Å². The molecule has 0 heterocycles. The van der Waals surface area contributed by atoms with E-state index in [-0.39, 0.29) is 11.7 Å². The second kappa shape index (κ2) is 10.6. The molecule has 0 bridgehead atoms. The lowest BCUT2D eigenvalue weighted by Crippen LogP contribution is -2.37. The Labute approximate surface area is 169 Å². The first-order valence-corrected chi connectivity index (χ1v) is 10.5. The Kier molecular flexibility index (Phi) is 8.45. The summed E-state index contributed by atoms with van der Waals surface area (Å²) in [7, 11) is 0. The highest BCUT2D eigenvalue weighted by atomic mass is 35.5. The van der Waals surface area contributed by atoms with E-state index in [1.807, 2.05) is 24.3 Å². The molecule has 0 spiro atoms. The lowest BCUT2D eigenvalue weighted by molar-refractivity contribution is -0.127. The van der Waals surface area contributed by atoms with Gasteiger partial charge in [-0.05, 0) is 36.6 Å². The first-order chi connectivity index (χ1) is 12.9. The minimum absolute atomic E-state index is 0.168. The van der Waals surface area contributed by atoms with Crippen molar-refractivity contribution in [3.63, 3.8) is 0 Å². The first-order valence-electron chi connectivity index (χ1n) is 8.94. The number of carbonyl (C=O) groups excluding carboxylic acids is 1. The van der Waals surface area contributed by atoms with Gasteiger partial charge in [-0.15, -0.1) is 0 Å². The fourth-order valence-electron chi connectivity index (χ4n) is 2.54. The predicted molar refractivity (Wildman–Crippen MR) is 111 cm³/mol. The van der Waals surface area contributed by atoms with E-state index in [4.69, 9.17) is 16.3 Å². The Hall–Kier alpha value is -1.72. The third kappa shape index (κ3) is 6.43. The molecule has 0 saturated carbocycles. The second-order valence-electron chi connectivity index (χ2n) is 6.50. The molecule has 0 fully saturated rings. The molecule has 1 atom stereocenters. The van der Waals surface area contributed by atoms with Gasteiger partial charge in [0.15, 0.2) is 6.10 Å². The average Bonchev–Trinajstić information content (AvgIpc) is 2.63. The van der Waals surface area contributed by atoms with Gasteiger partial charge in [0.2, 0.25) is 0 Å². The van der Waals surface area contributed by atoms with Gasteiger partial charge in [-0.25, -0.2) is 4.39 Å². The number of hydrogen-bond donors (Lipinski definition) is 1. The van der Waals surface area contributed by atoms with E-state index in [0.717, 1.165) is 11.3 Å². The molecule has 2 aromatic rings. The molecule has 2 aromatic carbocycles. The van der Waals surface area contributed by atoms with Crippen LogP contribution >= 0.6 is 23.4 Å². The van der Waals surface area contributed by atoms with Gasteiger partial charge in [-0.1, -0.05) is 49.7 Å². The third-order valence-electron chi connectivity index (χ3n) is 4.07. The van der Waals surface area contributed by atoms with Gasteiger partial charge >= 0.3 is 0 Å². The van der Waals surface area contributed by atoms with Crippen LogP contribution in [0.5, 0.6) is 5.75 Å². The maximum atomic E-state index is 13.7. The predicted octanol–water partition coefficient (Wildman–Crippen LogP) is 5.42. The van der Waals surface area contributed by atoms with Crippen molar-refractivity contribution in [2.45, 2.75) is 38.5 Å². The topological polar surface area (TPSA) is 38.3 Å². The zero-order valence-electron chi connectivity index (χ0n) is 15.8. The molecule has 0 aromatic heterocycles. The number of benzene rings is 2. The van der Waals surface area contributed by atoms with Gasteiger partial charge in [0.25, 0.3) is 5.91 Å². The summed E-state index contributed by atoms with van der Waals surface area (Å²) in [6.45, 7) is 6.39. The van der Waals surface area contributed by atoms with E-state index < -0.39 is 6.10 Å². The fourth-order valence-corrected chi connectivity index (χ4v) is 3.74. The zero-order chi connectivity index (χ0) is 19.8. The van der Waals surface area contributed by atoms with Crippen LogP contribution in [0.1, 0.15) is 37.8 Å². The van der Waals surface area contributed by atoms with E-state index in [2.05, 4.69) is 19.2 Å². The maximum Gasteiger partial charge on any atom is 0.260 e. The minimum Gasteiger partial charge on any atom is -0.481 e. The van der Waals surface area contributed by atoms with Crippen LogP contribution in [0.15, 0.2) is 42.5 Å². The van der Waals surface area contributed by atoms with Gasteiger partial charge in [-0.2, -0.15) is 11.8 Å². The molecule has 6 heteroatoms. The molecule has 0 radical (unpaired) electrons. The van der Waals surface area contributed by atoms with Crippen molar-refractivity contribution in [2.75, 3.05) is 12.3 Å². The summed E-state index contributed by atoms with van der Waals surface area (Å²) in [4.78, 5) is 12.2. The summed E-state index contributed by atoms with van der Waals surface area (Å²) in [6, 6.07) is 12.4. The first kappa shape index (κ1) is 21.6. The SMILES string of the molecule is CC(C)c1ccccc1O[C@@H](C)C(=O)NCCSCc1c(F)cccc1Cl. The highest BCUT2D eigenvalue weighted by Crippen LogP contribution is 2.27. The van der Waals surface area contributed by atoms with Crippen molar-refractivity contribution in [1.82, 2.24) is 5.32 Å². The fraction of sp³-hybridized carbons (Fsp3) is 0.381. The summed E-state index contributed by atoms with van der Waals surface area (Å²) >= 11 is 7.53. The third-order valence-corrected chi connectivity index (χ3v) is 5.41. The van der Waals surface area contributed by atoms with Crippen molar-refractivity contribution in [1.29, 1.82) is 0 Å². The Morgan fingerprint density at radius 2 is 1.93 bits per heavy atom. The number of carbonyl (C=O) groups is 1. The largest absolute Gasteiger partial charge is 0.481 e. The zero-order valence-corrected chi connectivity index (χ0v) is 17.4. The lowest BCUT2D eigenvalue weighted by Gasteiger charge is -2.18. The van der Waals surface area contributed by atoms with Crippen LogP contribution in [0, 0.1) is 5.82 Å². The minimum atomic E-state index is -0.587. The molecule has 0 aliphatic heterocycles. The molecular weight excluding hydrogens is 385 g/mol. The van der Waals surface area contributed by atoms with E-state index in [9.17, 15) is 9.18 Å². The van der Waals surface area contributed by atoms with Gasteiger partial charge in [0, 0.05) is 28.6 Å². The molecule has 1 N–H and O–H groups in total. The van der Waals surface area contributed by atoms with E-state index in [0.29, 0.717) is 34.6 Å². The van der Waals surface area contributed by atoms with E-state index >= 15 is 0 Å². The number of thioether (sulfide) groups is 1. The molecule has 2 rings (SSSR count). The molecule has 0 saturated heterocycles. The summed E-state index contributed by atoms with van der Waals surface area (Å²) in [5, 5.41) is 3.28. The number of hydrogen-bond acceptors (Lipinski definition) is 3. The van der Waals surface area contributed by atoms with Crippen LogP contribution in [0.3, 0.4) is 0 Å². The summed E-state index contributed by atoms with van der Waals surface area (Å²) in [5.41, 5.74) is 1.58. The van der Waals surface area contributed by atoms with Crippen LogP contribution in [0.2, 0.25) is 5.02 Å². The molecule has 27 heavy (non-hydrogen) atoms. The molecule has 0 aliphatic rings. The summed E-state index contributed by atoms with van der Waals surface area (Å²) < 4.78 is 19.5. The van der Waals surface area contributed by atoms with Crippen LogP contribution in [0.25, 0.3) is 0 Å². The van der Waals surface area contributed by atoms with Crippen molar-refractivity contribution < 1.29 is 13.9 Å². The number of para-hydroxylation sites is 1. The summed E-state index contributed by atoms with van der Waals surface area (Å²) in [6.07, 6.45) is -0.587. The number of nitrogens with one attached hydrogen (secondary N) is 1. The number of rotatable bonds is 9. The Balaban J connectivity index is 1.76. The Morgan fingerprint density at radius 1 is 1.19 bits per heavy atom. The molecular formula is C21H25ClFNO2S. The molecule has 3 nitrogen and oxygen atoms in total.